The first-order valence-electron chi connectivity index (χ1n) is 11.1. The van der Waals surface area contributed by atoms with Crippen molar-refractivity contribution in [1.29, 1.82) is 0 Å². The maximum absolute atomic E-state index is 10.4. The zero-order chi connectivity index (χ0) is 20.0. The normalized spacial score (nSPS) is 11.3. The van der Waals surface area contributed by atoms with Gasteiger partial charge in [0, 0.05) is 17.8 Å². The van der Waals surface area contributed by atoms with Crippen molar-refractivity contribution in [3.63, 3.8) is 0 Å². The molecule has 5 heteroatoms. The van der Waals surface area contributed by atoms with Crippen molar-refractivity contribution in [1.82, 2.24) is 0 Å². The molecule has 0 radical (unpaired) electrons. The molecule has 0 unspecified atom stereocenters. The van der Waals surface area contributed by atoms with E-state index in [2.05, 4.69) is 12.2 Å². The first-order chi connectivity index (χ1) is 13.1. The molecule has 1 N–H and O–H groups in total. The van der Waals surface area contributed by atoms with Crippen LogP contribution in [0.25, 0.3) is 0 Å². The fourth-order valence-corrected chi connectivity index (χ4v) is 3.22. The number of carbonyl (C=O) groups is 1. The van der Waals surface area contributed by atoms with Crippen molar-refractivity contribution in [2.75, 3.05) is 6.54 Å². The molecule has 0 atom stereocenters. The Labute approximate surface area is 165 Å². The van der Waals surface area contributed by atoms with Gasteiger partial charge in [-0.2, -0.15) is 0 Å². The minimum Gasteiger partial charge on any atom is -0.481 e. The molecular weight excluding hydrogens is 342 g/mol. The molecule has 27 heavy (non-hydrogen) atoms. The van der Waals surface area contributed by atoms with Crippen LogP contribution in [0, 0.1) is 10.1 Å². The van der Waals surface area contributed by atoms with Crippen LogP contribution >= 0.6 is 0 Å². The molecule has 0 fully saturated rings. The van der Waals surface area contributed by atoms with Crippen LogP contribution in [0.15, 0.2) is 12.2 Å². The van der Waals surface area contributed by atoms with E-state index < -0.39 is 5.97 Å². The number of nitrogens with zero attached hydrogens (tertiary/aromatic N) is 1. The van der Waals surface area contributed by atoms with Gasteiger partial charge in [0.1, 0.15) is 0 Å². The SMILES string of the molecule is O=C(O)CCCCCCCCCCC/C=C\CCCCCCCC[N+](=O)[O-]. The predicted molar refractivity (Wildman–Crippen MR) is 112 cm³/mol. The lowest BCUT2D eigenvalue weighted by molar-refractivity contribution is -0.480. The molecule has 0 saturated heterocycles. The van der Waals surface area contributed by atoms with Gasteiger partial charge in [0.05, 0.1) is 0 Å². The summed E-state index contributed by atoms with van der Waals surface area (Å²) in [7, 11) is 0. The van der Waals surface area contributed by atoms with Gasteiger partial charge in [0.2, 0.25) is 6.54 Å². The van der Waals surface area contributed by atoms with Crippen molar-refractivity contribution in [3.05, 3.63) is 22.3 Å². The summed E-state index contributed by atoms with van der Waals surface area (Å²) in [5.41, 5.74) is 0. The number of carboxylic acid groups (broad SMARTS) is 1. The maximum atomic E-state index is 10.4. The van der Waals surface area contributed by atoms with Gasteiger partial charge in [0.15, 0.2) is 0 Å². The zero-order valence-electron chi connectivity index (χ0n) is 17.2. The summed E-state index contributed by atoms with van der Waals surface area (Å²) in [6, 6.07) is 0. The smallest absolute Gasteiger partial charge is 0.303 e. The number of rotatable bonds is 21. The van der Waals surface area contributed by atoms with Crippen LogP contribution in [0.4, 0.5) is 0 Å². The Morgan fingerprint density at radius 2 is 1.04 bits per heavy atom. The minimum atomic E-state index is -0.675. The predicted octanol–water partition coefficient (Wildman–Crippen LogP) is 6.93. The lowest BCUT2D eigenvalue weighted by Crippen LogP contribution is -1.99. The third-order valence-electron chi connectivity index (χ3n) is 4.89. The van der Waals surface area contributed by atoms with Crippen LogP contribution in [0.2, 0.25) is 0 Å². The molecule has 0 rings (SSSR count). The number of nitro groups is 1. The van der Waals surface area contributed by atoms with Crippen molar-refractivity contribution in [2.45, 2.75) is 116 Å². The highest BCUT2D eigenvalue weighted by Gasteiger charge is 1.97. The number of carboxylic acids is 1. The number of hydrogen-bond acceptors (Lipinski definition) is 3. The Hall–Kier alpha value is -1.39. The summed E-state index contributed by atoms with van der Waals surface area (Å²) in [5, 5.41) is 18.7. The lowest BCUT2D eigenvalue weighted by atomic mass is 10.1. The minimum absolute atomic E-state index is 0.122. The van der Waals surface area contributed by atoms with E-state index >= 15 is 0 Å². The number of aliphatic carboxylic acids is 1. The van der Waals surface area contributed by atoms with Gasteiger partial charge in [-0.15, -0.1) is 0 Å². The standard InChI is InChI=1S/C22H41NO4/c24-22(25)20-18-16-14-12-10-8-6-4-2-1-3-5-7-9-11-13-15-17-19-21-23(26)27/h3,5H,1-2,4,6-21H2,(H,24,25)/b5-3-. The summed E-state index contributed by atoms with van der Waals surface area (Å²) in [6.07, 6.45) is 24.6. The Morgan fingerprint density at radius 1 is 0.667 bits per heavy atom. The highest BCUT2D eigenvalue weighted by molar-refractivity contribution is 5.66. The summed E-state index contributed by atoms with van der Waals surface area (Å²) < 4.78 is 0. The molecule has 0 bridgehead atoms. The van der Waals surface area contributed by atoms with Gasteiger partial charge in [0.25, 0.3) is 0 Å². The van der Waals surface area contributed by atoms with Gasteiger partial charge in [-0.3, -0.25) is 14.9 Å². The van der Waals surface area contributed by atoms with Crippen LogP contribution < -0.4 is 0 Å². The fourth-order valence-electron chi connectivity index (χ4n) is 3.22. The summed E-state index contributed by atoms with van der Waals surface area (Å²) >= 11 is 0. The van der Waals surface area contributed by atoms with Crippen LogP contribution in [0.3, 0.4) is 0 Å². The molecule has 0 aromatic carbocycles. The van der Waals surface area contributed by atoms with Crippen molar-refractivity contribution >= 4 is 5.97 Å². The van der Waals surface area contributed by atoms with Crippen molar-refractivity contribution in [2.24, 2.45) is 0 Å². The molecular formula is C22H41NO4. The molecule has 0 saturated carbocycles. The molecule has 5 nitrogen and oxygen atoms in total. The van der Waals surface area contributed by atoms with Crippen LogP contribution in [-0.4, -0.2) is 22.5 Å². The van der Waals surface area contributed by atoms with Crippen molar-refractivity contribution < 1.29 is 14.8 Å². The van der Waals surface area contributed by atoms with E-state index in [0.717, 1.165) is 38.5 Å². The highest BCUT2D eigenvalue weighted by atomic mass is 16.6. The van der Waals surface area contributed by atoms with Crippen LogP contribution in [-0.2, 0) is 4.79 Å². The second-order valence-corrected chi connectivity index (χ2v) is 7.55. The number of unbranched alkanes of at least 4 members (excludes halogenated alkanes) is 15. The number of hydrogen-bond donors (Lipinski definition) is 1. The van der Waals surface area contributed by atoms with E-state index in [1.54, 1.807) is 0 Å². The first kappa shape index (κ1) is 25.6. The Bertz CT molecular complexity index is 383. The Morgan fingerprint density at radius 3 is 1.44 bits per heavy atom. The van der Waals surface area contributed by atoms with Gasteiger partial charge < -0.3 is 5.11 Å². The third kappa shape index (κ3) is 24.6. The summed E-state index contributed by atoms with van der Waals surface area (Å²) in [5.74, 6) is -0.675. The first-order valence-corrected chi connectivity index (χ1v) is 11.1. The molecule has 0 spiro atoms. The van der Waals surface area contributed by atoms with Crippen LogP contribution in [0.1, 0.15) is 116 Å². The Balaban J connectivity index is 3.10. The molecule has 0 aliphatic carbocycles. The molecule has 158 valence electrons. The second-order valence-electron chi connectivity index (χ2n) is 7.55. The Kier molecular flexibility index (Phi) is 19.8. The molecule has 0 heterocycles. The van der Waals surface area contributed by atoms with E-state index in [0.29, 0.717) is 6.42 Å². The summed E-state index contributed by atoms with van der Waals surface area (Å²) in [6.45, 7) is 0.122. The van der Waals surface area contributed by atoms with Gasteiger partial charge >= 0.3 is 5.97 Å². The van der Waals surface area contributed by atoms with Crippen molar-refractivity contribution in [3.8, 4) is 0 Å². The van der Waals surface area contributed by atoms with E-state index in [-0.39, 0.29) is 11.5 Å². The third-order valence-corrected chi connectivity index (χ3v) is 4.89. The van der Waals surface area contributed by atoms with Crippen LogP contribution in [0.5, 0.6) is 0 Å². The lowest BCUT2D eigenvalue weighted by Gasteiger charge is -2.01. The average Bonchev–Trinajstić information content (AvgIpc) is 2.62. The van der Waals surface area contributed by atoms with Gasteiger partial charge in [-0.1, -0.05) is 76.4 Å². The average molecular weight is 384 g/mol. The molecule has 0 aromatic rings. The molecule has 0 amide bonds. The molecule has 0 aliphatic rings. The quantitative estimate of drug-likeness (QED) is 0.101. The molecule has 0 aliphatic heterocycles. The zero-order valence-corrected chi connectivity index (χ0v) is 17.2. The van der Waals surface area contributed by atoms with Gasteiger partial charge in [-0.05, 0) is 38.5 Å². The summed E-state index contributed by atoms with van der Waals surface area (Å²) in [4.78, 5) is 20.4. The topological polar surface area (TPSA) is 80.4 Å². The fraction of sp³-hybridized carbons (Fsp3) is 0.864. The van der Waals surface area contributed by atoms with E-state index in [1.165, 1.54) is 70.6 Å². The van der Waals surface area contributed by atoms with E-state index in [4.69, 9.17) is 5.11 Å². The van der Waals surface area contributed by atoms with E-state index in [9.17, 15) is 14.9 Å². The molecule has 0 aromatic heterocycles. The highest BCUT2D eigenvalue weighted by Crippen LogP contribution is 2.12. The van der Waals surface area contributed by atoms with Gasteiger partial charge in [-0.25, -0.2) is 0 Å². The van der Waals surface area contributed by atoms with E-state index in [1.807, 2.05) is 0 Å². The maximum Gasteiger partial charge on any atom is 0.303 e. The largest absolute Gasteiger partial charge is 0.481 e. The second kappa shape index (κ2) is 20.9. The monoisotopic (exact) mass is 383 g/mol. The number of allylic oxidation sites excluding steroid dienone is 2.